The van der Waals surface area contributed by atoms with Crippen molar-refractivity contribution in [2.24, 2.45) is 4.99 Å². The monoisotopic (exact) mass is 473 g/mol. The molecule has 2 N–H and O–H groups in total. The molecule has 0 fully saturated rings. The predicted octanol–water partition coefficient (Wildman–Crippen LogP) is 3.01. The zero-order valence-electron chi connectivity index (χ0n) is 14.7. The van der Waals surface area contributed by atoms with Gasteiger partial charge in [-0.15, -0.1) is 24.0 Å². The summed E-state index contributed by atoms with van der Waals surface area (Å²) in [4.78, 5) is 4.38. The number of nitrogens with zero attached hydrogens (tertiary/aromatic N) is 1. The lowest BCUT2D eigenvalue weighted by atomic mass is 10.2. The highest BCUT2D eigenvalue weighted by Crippen LogP contribution is 2.26. The fourth-order valence-corrected chi connectivity index (χ4v) is 1.91. The number of nitrogens with one attached hydrogen (secondary N) is 2. The normalized spacial score (nSPS) is 11.0. The number of guanidine groups is 1. The van der Waals surface area contributed by atoms with Gasteiger partial charge in [0.1, 0.15) is 11.5 Å². The summed E-state index contributed by atoms with van der Waals surface area (Å²) >= 11 is 0. The van der Waals surface area contributed by atoms with Gasteiger partial charge in [0, 0.05) is 25.3 Å². The van der Waals surface area contributed by atoms with E-state index >= 15 is 0 Å². The zero-order valence-corrected chi connectivity index (χ0v) is 17.0. The molecule has 1 rings (SSSR count). The second kappa shape index (κ2) is 13.9. The van der Waals surface area contributed by atoms with E-state index in [4.69, 9.17) is 9.47 Å². The largest absolute Gasteiger partial charge is 0.497 e. The van der Waals surface area contributed by atoms with Gasteiger partial charge >= 0.3 is 6.61 Å². The Morgan fingerprint density at radius 3 is 2.60 bits per heavy atom. The standard InChI is InChI=1S/C16H25F2N3O3.HI/c1-4-19-16(20-8-9-23-5-2)21-11-12-10-13(22-3)6-7-14(12)24-15(17)18;/h6-7,10,15H,4-5,8-9,11H2,1-3H3,(H2,19,20,21);1H. The Morgan fingerprint density at radius 2 is 2.00 bits per heavy atom. The minimum atomic E-state index is -2.89. The number of rotatable bonds is 10. The Bertz CT molecular complexity index is 519. The Morgan fingerprint density at radius 1 is 1.24 bits per heavy atom. The number of halogens is 3. The van der Waals surface area contributed by atoms with Crippen molar-refractivity contribution in [1.29, 1.82) is 0 Å². The molecular formula is C16H26F2IN3O3. The number of hydrogen-bond acceptors (Lipinski definition) is 4. The first-order valence-corrected chi connectivity index (χ1v) is 7.82. The molecule has 0 atom stereocenters. The van der Waals surface area contributed by atoms with E-state index in [1.165, 1.54) is 13.2 Å². The fourth-order valence-electron chi connectivity index (χ4n) is 1.91. The smallest absolute Gasteiger partial charge is 0.387 e. The molecule has 0 bridgehead atoms. The second-order valence-electron chi connectivity index (χ2n) is 4.67. The molecule has 0 aliphatic heterocycles. The molecule has 1 aromatic rings. The Labute approximate surface area is 164 Å². The lowest BCUT2D eigenvalue weighted by Gasteiger charge is -2.13. The molecule has 0 aromatic heterocycles. The summed E-state index contributed by atoms with van der Waals surface area (Å²) in [6, 6.07) is 4.65. The van der Waals surface area contributed by atoms with Crippen molar-refractivity contribution in [2.75, 3.05) is 33.4 Å². The van der Waals surface area contributed by atoms with E-state index in [1.54, 1.807) is 12.1 Å². The predicted molar refractivity (Wildman–Crippen MR) is 104 cm³/mol. The minimum absolute atomic E-state index is 0. The number of methoxy groups -OCH3 is 1. The zero-order chi connectivity index (χ0) is 17.8. The summed E-state index contributed by atoms with van der Waals surface area (Å²) in [6.45, 7) is 3.62. The van der Waals surface area contributed by atoms with Crippen LogP contribution in [0.3, 0.4) is 0 Å². The first-order valence-electron chi connectivity index (χ1n) is 7.82. The van der Waals surface area contributed by atoms with Crippen LogP contribution in [0.15, 0.2) is 23.2 Å². The highest BCUT2D eigenvalue weighted by atomic mass is 127. The first kappa shape index (κ1) is 23.6. The van der Waals surface area contributed by atoms with E-state index in [0.717, 1.165) is 0 Å². The second-order valence-corrected chi connectivity index (χ2v) is 4.67. The summed E-state index contributed by atoms with van der Waals surface area (Å²) in [6.07, 6.45) is 0. The van der Waals surface area contributed by atoms with Gasteiger partial charge in [-0.05, 0) is 32.0 Å². The molecule has 0 heterocycles. The Kier molecular flexibility index (Phi) is 13.1. The molecule has 0 spiro atoms. The van der Waals surface area contributed by atoms with E-state index in [1.807, 2.05) is 13.8 Å². The van der Waals surface area contributed by atoms with Crippen LogP contribution in [-0.4, -0.2) is 46.0 Å². The van der Waals surface area contributed by atoms with Crippen LogP contribution in [0.5, 0.6) is 11.5 Å². The molecule has 0 radical (unpaired) electrons. The van der Waals surface area contributed by atoms with Crippen LogP contribution < -0.4 is 20.1 Å². The van der Waals surface area contributed by atoms with E-state index < -0.39 is 6.61 Å². The van der Waals surface area contributed by atoms with E-state index in [9.17, 15) is 8.78 Å². The SMILES string of the molecule is CCNC(=NCc1cc(OC)ccc1OC(F)F)NCCOCC.I. The van der Waals surface area contributed by atoms with Crippen LogP contribution in [0.1, 0.15) is 19.4 Å². The van der Waals surface area contributed by atoms with Crippen molar-refractivity contribution in [2.45, 2.75) is 27.0 Å². The van der Waals surface area contributed by atoms with Gasteiger partial charge in [0.05, 0.1) is 20.3 Å². The molecule has 25 heavy (non-hydrogen) atoms. The third-order valence-electron chi connectivity index (χ3n) is 2.98. The number of ether oxygens (including phenoxy) is 3. The average molecular weight is 473 g/mol. The van der Waals surface area contributed by atoms with E-state index in [-0.39, 0.29) is 36.3 Å². The van der Waals surface area contributed by atoms with Crippen molar-refractivity contribution in [3.63, 3.8) is 0 Å². The van der Waals surface area contributed by atoms with Crippen LogP contribution in [0.4, 0.5) is 8.78 Å². The van der Waals surface area contributed by atoms with Crippen molar-refractivity contribution in [3.8, 4) is 11.5 Å². The third kappa shape index (κ3) is 9.63. The summed E-state index contributed by atoms with van der Waals surface area (Å²) < 4.78 is 39.9. The van der Waals surface area contributed by atoms with Gasteiger partial charge in [-0.2, -0.15) is 8.78 Å². The molecule has 0 amide bonds. The Balaban J connectivity index is 0.00000576. The van der Waals surface area contributed by atoms with E-state index in [0.29, 0.717) is 43.6 Å². The maximum atomic E-state index is 12.5. The topological polar surface area (TPSA) is 64.1 Å². The minimum Gasteiger partial charge on any atom is -0.497 e. The van der Waals surface area contributed by atoms with Gasteiger partial charge in [0.15, 0.2) is 5.96 Å². The lowest BCUT2D eigenvalue weighted by molar-refractivity contribution is -0.0504. The van der Waals surface area contributed by atoms with Crippen LogP contribution in [0.25, 0.3) is 0 Å². The van der Waals surface area contributed by atoms with Gasteiger partial charge in [0.2, 0.25) is 0 Å². The van der Waals surface area contributed by atoms with Crippen molar-refractivity contribution < 1.29 is 23.0 Å². The number of hydrogen-bond donors (Lipinski definition) is 2. The molecular weight excluding hydrogens is 447 g/mol. The van der Waals surface area contributed by atoms with Crippen LogP contribution in [0, 0.1) is 0 Å². The molecule has 0 aliphatic carbocycles. The number of benzene rings is 1. The molecule has 0 unspecified atom stereocenters. The summed E-state index contributed by atoms with van der Waals surface area (Å²) in [7, 11) is 1.51. The molecule has 0 saturated heterocycles. The fraction of sp³-hybridized carbons (Fsp3) is 0.562. The lowest BCUT2D eigenvalue weighted by Crippen LogP contribution is -2.39. The molecule has 0 saturated carbocycles. The molecule has 9 heteroatoms. The van der Waals surface area contributed by atoms with Crippen LogP contribution in [-0.2, 0) is 11.3 Å². The molecule has 0 aliphatic rings. The summed E-state index contributed by atoms with van der Waals surface area (Å²) in [5.41, 5.74) is 0.511. The summed E-state index contributed by atoms with van der Waals surface area (Å²) in [5.74, 6) is 1.21. The highest BCUT2D eigenvalue weighted by molar-refractivity contribution is 14.0. The first-order chi connectivity index (χ1) is 11.6. The quantitative estimate of drug-likeness (QED) is 0.237. The highest BCUT2D eigenvalue weighted by Gasteiger charge is 2.11. The van der Waals surface area contributed by atoms with Gasteiger partial charge in [-0.1, -0.05) is 0 Å². The van der Waals surface area contributed by atoms with E-state index in [2.05, 4.69) is 20.4 Å². The maximum Gasteiger partial charge on any atom is 0.387 e. The number of aliphatic imine (C=N–C) groups is 1. The Hall–Kier alpha value is -1.36. The van der Waals surface area contributed by atoms with Gasteiger partial charge in [-0.3, -0.25) is 0 Å². The van der Waals surface area contributed by atoms with Gasteiger partial charge in [-0.25, -0.2) is 4.99 Å². The maximum absolute atomic E-state index is 12.5. The molecule has 6 nitrogen and oxygen atoms in total. The summed E-state index contributed by atoms with van der Waals surface area (Å²) in [5, 5.41) is 6.19. The van der Waals surface area contributed by atoms with Gasteiger partial charge in [0.25, 0.3) is 0 Å². The third-order valence-corrected chi connectivity index (χ3v) is 2.98. The van der Waals surface area contributed by atoms with Crippen LogP contribution >= 0.6 is 24.0 Å². The molecule has 1 aromatic carbocycles. The molecule has 144 valence electrons. The van der Waals surface area contributed by atoms with Crippen molar-refractivity contribution in [1.82, 2.24) is 10.6 Å². The number of alkyl halides is 2. The van der Waals surface area contributed by atoms with Crippen molar-refractivity contribution >= 4 is 29.9 Å². The van der Waals surface area contributed by atoms with Crippen molar-refractivity contribution in [3.05, 3.63) is 23.8 Å². The average Bonchev–Trinajstić information content (AvgIpc) is 2.57. The van der Waals surface area contributed by atoms with Crippen LogP contribution in [0.2, 0.25) is 0 Å². The van der Waals surface area contributed by atoms with Gasteiger partial charge < -0.3 is 24.8 Å².